The van der Waals surface area contributed by atoms with Gasteiger partial charge in [0.25, 0.3) is 0 Å². The van der Waals surface area contributed by atoms with E-state index >= 15 is 0 Å². The van der Waals surface area contributed by atoms with Gasteiger partial charge in [-0.3, -0.25) is 0 Å². The fourth-order valence-corrected chi connectivity index (χ4v) is 2.10. The fourth-order valence-electron chi connectivity index (χ4n) is 2.10. The minimum Gasteiger partial charge on any atom is -0.368 e. The van der Waals surface area contributed by atoms with Crippen LogP contribution in [-0.4, -0.2) is 21.1 Å². The fraction of sp³-hybridized carbons (Fsp3) is 0.167. The Morgan fingerprint density at radius 2 is 1.89 bits per heavy atom. The van der Waals surface area contributed by atoms with Gasteiger partial charge < -0.3 is 10.7 Å². The molecule has 7 heteroatoms. The van der Waals surface area contributed by atoms with Crippen LogP contribution in [0.4, 0.5) is 19.1 Å². The summed E-state index contributed by atoms with van der Waals surface area (Å²) in [6.07, 6.45) is -5.48. The molecule has 0 spiro atoms. The molecular formula is C12H9F3N4. The number of para-hydroxylation sites is 1. The molecule has 3 aromatic rings. The van der Waals surface area contributed by atoms with Gasteiger partial charge in [0.15, 0.2) is 0 Å². The van der Waals surface area contributed by atoms with E-state index in [2.05, 4.69) is 15.0 Å². The highest BCUT2D eigenvalue weighted by atomic mass is 19.4. The van der Waals surface area contributed by atoms with Crippen LogP contribution >= 0.6 is 0 Å². The molecule has 0 unspecified atom stereocenters. The van der Waals surface area contributed by atoms with Gasteiger partial charge in [-0.25, -0.2) is 9.97 Å². The van der Waals surface area contributed by atoms with Gasteiger partial charge in [-0.05, 0) is 6.07 Å². The molecule has 1 aromatic carbocycles. The maximum atomic E-state index is 12.5. The molecule has 0 radical (unpaired) electrons. The number of hydrogen-bond donors (Lipinski definition) is 2. The van der Waals surface area contributed by atoms with Gasteiger partial charge in [0, 0.05) is 10.9 Å². The molecule has 19 heavy (non-hydrogen) atoms. The zero-order chi connectivity index (χ0) is 13.6. The number of benzene rings is 1. The van der Waals surface area contributed by atoms with Crippen molar-refractivity contribution in [2.45, 2.75) is 12.6 Å². The molecule has 3 rings (SSSR count). The Balaban J connectivity index is 2.33. The highest BCUT2D eigenvalue weighted by Crippen LogP contribution is 2.29. The molecule has 2 heterocycles. The summed E-state index contributed by atoms with van der Waals surface area (Å²) in [7, 11) is 0. The summed E-state index contributed by atoms with van der Waals surface area (Å²) in [5.74, 6) is -0.156. The largest absolute Gasteiger partial charge is 0.394 e. The lowest BCUT2D eigenvalue weighted by Gasteiger charge is -2.06. The summed E-state index contributed by atoms with van der Waals surface area (Å²) >= 11 is 0. The molecule has 0 amide bonds. The van der Waals surface area contributed by atoms with Crippen molar-refractivity contribution in [3.8, 4) is 0 Å². The van der Waals surface area contributed by atoms with E-state index in [1.807, 2.05) is 0 Å². The number of nitrogen functional groups attached to an aromatic ring is 1. The quantitative estimate of drug-likeness (QED) is 0.711. The van der Waals surface area contributed by atoms with Crippen molar-refractivity contribution in [3.05, 3.63) is 30.0 Å². The average Bonchev–Trinajstić information content (AvgIpc) is 2.66. The SMILES string of the molecule is Nc1nc(CC(F)(F)F)c2[nH]c3ccccc3c2n1. The molecule has 98 valence electrons. The van der Waals surface area contributed by atoms with Crippen molar-refractivity contribution >= 4 is 27.9 Å². The van der Waals surface area contributed by atoms with Gasteiger partial charge in [-0.15, -0.1) is 0 Å². The van der Waals surface area contributed by atoms with Crippen LogP contribution in [0.1, 0.15) is 5.69 Å². The first-order valence-corrected chi connectivity index (χ1v) is 5.53. The van der Waals surface area contributed by atoms with E-state index in [4.69, 9.17) is 5.73 Å². The Morgan fingerprint density at radius 3 is 2.63 bits per heavy atom. The van der Waals surface area contributed by atoms with Crippen LogP contribution in [-0.2, 0) is 6.42 Å². The third kappa shape index (κ3) is 2.07. The third-order valence-electron chi connectivity index (χ3n) is 2.81. The summed E-state index contributed by atoms with van der Waals surface area (Å²) in [5.41, 5.74) is 6.77. The van der Waals surface area contributed by atoms with Gasteiger partial charge in [0.1, 0.15) is 5.52 Å². The summed E-state index contributed by atoms with van der Waals surface area (Å²) < 4.78 is 37.6. The summed E-state index contributed by atoms with van der Waals surface area (Å²) in [5, 5.41) is 0.732. The van der Waals surface area contributed by atoms with E-state index in [1.165, 1.54) is 0 Å². The van der Waals surface area contributed by atoms with Crippen LogP contribution < -0.4 is 5.73 Å². The smallest absolute Gasteiger partial charge is 0.368 e. The predicted octanol–water partition coefficient (Wildman–Crippen LogP) is 2.80. The number of rotatable bonds is 1. The van der Waals surface area contributed by atoms with Crippen LogP contribution in [0.5, 0.6) is 0 Å². The molecule has 2 aromatic heterocycles. The molecular weight excluding hydrogens is 257 g/mol. The van der Waals surface area contributed by atoms with Gasteiger partial charge in [-0.2, -0.15) is 13.2 Å². The van der Waals surface area contributed by atoms with Crippen LogP contribution in [0.15, 0.2) is 24.3 Å². The monoisotopic (exact) mass is 266 g/mol. The molecule has 0 bridgehead atoms. The molecule has 0 aliphatic carbocycles. The average molecular weight is 266 g/mol. The summed E-state index contributed by atoms with van der Waals surface area (Å²) in [6.45, 7) is 0. The second-order valence-corrected chi connectivity index (χ2v) is 4.21. The molecule has 3 N–H and O–H groups in total. The number of aromatic nitrogens is 3. The second-order valence-electron chi connectivity index (χ2n) is 4.21. The van der Waals surface area contributed by atoms with E-state index in [1.54, 1.807) is 24.3 Å². The van der Waals surface area contributed by atoms with Gasteiger partial charge >= 0.3 is 6.18 Å². The number of anilines is 1. The lowest BCUT2D eigenvalue weighted by molar-refractivity contribution is -0.127. The Kier molecular flexibility index (Phi) is 2.38. The van der Waals surface area contributed by atoms with E-state index in [0.29, 0.717) is 11.0 Å². The van der Waals surface area contributed by atoms with Crippen LogP contribution in [0.2, 0.25) is 0 Å². The molecule has 4 nitrogen and oxygen atoms in total. The number of fused-ring (bicyclic) bond motifs is 3. The topological polar surface area (TPSA) is 67.6 Å². The highest BCUT2D eigenvalue weighted by molar-refractivity contribution is 6.05. The first kappa shape index (κ1) is 11.8. The second kappa shape index (κ2) is 3.84. The van der Waals surface area contributed by atoms with E-state index < -0.39 is 12.6 Å². The number of alkyl halides is 3. The molecule has 0 aliphatic rings. The Bertz CT molecular complexity index is 761. The Hall–Kier alpha value is -2.31. The Morgan fingerprint density at radius 1 is 1.16 bits per heavy atom. The predicted molar refractivity (Wildman–Crippen MR) is 65.6 cm³/mol. The highest BCUT2D eigenvalue weighted by Gasteiger charge is 2.30. The van der Waals surface area contributed by atoms with Crippen molar-refractivity contribution in [3.63, 3.8) is 0 Å². The van der Waals surface area contributed by atoms with Crippen LogP contribution in [0.3, 0.4) is 0 Å². The number of nitrogens with two attached hydrogens (primary N) is 1. The van der Waals surface area contributed by atoms with Crippen molar-refractivity contribution in [2.24, 2.45) is 0 Å². The molecule has 0 saturated carbocycles. The zero-order valence-corrected chi connectivity index (χ0v) is 9.62. The van der Waals surface area contributed by atoms with Crippen LogP contribution in [0.25, 0.3) is 21.9 Å². The van der Waals surface area contributed by atoms with Crippen molar-refractivity contribution < 1.29 is 13.2 Å². The van der Waals surface area contributed by atoms with Gasteiger partial charge in [0.05, 0.1) is 17.6 Å². The molecule has 0 fully saturated rings. The lowest BCUT2D eigenvalue weighted by atomic mass is 10.2. The zero-order valence-electron chi connectivity index (χ0n) is 9.62. The Labute approximate surface area is 105 Å². The standard InChI is InChI=1S/C12H9F3N4/c13-12(14,15)5-8-10-9(19-11(16)18-8)6-3-1-2-4-7(6)17-10/h1-4,17H,5H2,(H2,16,18,19). The minimum atomic E-state index is -4.34. The van der Waals surface area contributed by atoms with Gasteiger partial charge in [0.2, 0.25) is 5.95 Å². The number of aromatic amines is 1. The van der Waals surface area contributed by atoms with E-state index in [0.717, 1.165) is 5.39 Å². The first-order valence-electron chi connectivity index (χ1n) is 5.53. The number of halogens is 3. The summed E-state index contributed by atoms with van der Waals surface area (Å²) in [6, 6.07) is 7.12. The van der Waals surface area contributed by atoms with Crippen molar-refractivity contribution in [1.82, 2.24) is 15.0 Å². The third-order valence-corrected chi connectivity index (χ3v) is 2.81. The number of hydrogen-bond acceptors (Lipinski definition) is 3. The minimum absolute atomic E-state index is 0.133. The molecule has 0 aliphatic heterocycles. The number of nitrogens with one attached hydrogen (secondary N) is 1. The maximum absolute atomic E-state index is 12.5. The lowest BCUT2D eigenvalue weighted by Crippen LogP contribution is -2.14. The summed E-state index contributed by atoms with van der Waals surface area (Å²) in [4.78, 5) is 10.6. The normalized spacial score (nSPS) is 12.4. The molecule has 0 saturated heterocycles. The maximum Gasteiger partial charge on any atom is 0.394 e. The van der Waals surface area contributed by atoms with Crippen LogP contribution in [0, 0.1) is 0 Å². The van der Waals surface area contributed by atoms with Crippen molar-refractivity contribution in [1.29, 1.82) is 0 Å². The first-order chi connectivity index (χ1) is 8.94. The van der Waals surface area contributed by atoms with Gasteiger partial charge in [-0.1, -0.05) is 18.2 Å². The van der Waals surface area contributed by atoms with E-state index in [-0.39, 0.29) is 17.2 Å². The number of H-pyrrole nitrogens is 1. The van der Waals surface area contributed by atoms with Crippen molar-refractivity contribution in [2.75, 3.05) is 5.73 Å². The molecule has 0 atom stereocenters. The number of nitrogens with zero attached hydrogens (tertiary/aromatic N) is 2. The van der Waals surface area contributed by atoms with E-state index in [9.17, 15) is 13.2 Å².